The SMILES string of the molecule is Cc1cccc(N(Cc2cc(C)ccc2C)C2=N[C@@H]3CS(=O)(=O)C[C@@H]3S2)c1. The van der Waals surface area contributed by atoms with Crippen molar-refractivity contribution in [2.45, 2.75) is 38.6 Å². The van der Waals surface area contributed by atoms with Crippen molar-refractivity contribution in [3.05, 3.63) is 64.7 Å². The van der Waals surface area contributed by atoms with Crippen LogP contribution in [0, 0.1) is 20.8 Å². The maximum atomic E-state index is 11.9. The fraction of sp³-hybridized carbons (Fsp3) is 0.381. The first-order valence-electron chi connectivity index (χ1n) is 9.16. The Morgan fingerprint density at radius 1 is 1.07 bits per heavy atom. The van der Waals surface area contributed by atoms with Gasteiger partial charge >= 0.3 is 0 Å². The normalized spacial score (nSPS) is 23.1. The summed E-state index contributed by atoms with van der Waals surface area (Å²) in [5.74, 6) is 0.416. The van der Waals surface area contributed by atoms with Crippen LogP contribution in [-0.4, -0.2) is 36.4 Å². The van der Waals surface area contributed by atoms with E-state index in [-0.39, 0.29) is 22.8 Å². The number of benzene rings is 2. The molecule has 2 aromatic rings. The number of thioether (sulfide) groups is 1. The second-order valence-electron chi connectivity index (χ2n) is 7.57. The lowest BCUT2D eigenvalue weighted by atomic mass is 10.0. The predicted octanol–water partition coefficient (Wildman–Crippen LogP) is 3.89. The highest BCUT2D eigenvalue weighted by Gasteiger charge is 2.44. The van der Waals surface area contributed by atoms with E-state index >= 15 is 0 Å². The summed E-state index contributed by atoms with van der Waals surface area (Å²) in [5, 5.41) is 0.988. The molecular weight excluding hydrogens is 376 g/mol. The molecule has 2 aromatic carbocycles. The van der Waals surface area contributed by atoms with Crippen LogP contribution in [0.4, 0.5) is 5.69 Å². The monoisotopic (exact) mass is 400 g/mol. The van der Waals surface area contributed by atoms with Gasteiger partial charge in [0.05, 0.1) is 24.1 Å². The molecule has 0 N–H and O–H groups in total. The molecule has 0 aliphatic carbocycles. The zero-order valence-corrected chi connectivity index (χ0v) is 17.5. The van der Waals surface area contributed by atoms with E-state index in [1.54, 1.807) is 11.8 Å². The molecule has 0 unspecified atom stereocenters. The first-order chi connectivity index (χ1) is 12.8. The molecule has 0 saturated carbocycles. The largest absolute Gasteiger partial charge is 0.317 e. The molecule has 27 heavy (non-hydrogen) atoms. The standard InChI is InChI=1S/C21H24N2O2S2/c1-14-5-4-6-18(10-14)23(11-17-9-15(2)7-8-16(17)3)21-22-19-12-27(24,25)13-20(19)26-21/h4-10,19-20H,11-13H2,1-3H3/t19-,20+/m1/s1. The maximum Gasteiger partial charge on any atom is 0.164 e. The van der Waals surface area contributed by atoms with Crippen molar-refractivity contribution in [3.8, 4) is 0 Å². The van der Waals surface area contributed by atoms with E-state index in [1.165, 1.54) is 22.3 Å². The van der Waals surface area contributed by atoms with Crippen molar-refractivity contribution in [2.75, 3.05) is 16.4 Å². The third-order valence-electron chi connectivity index (χ3n) is 5.18. The van der Waals surface area contributed by atoms with E-state index in [0.717, 1.165) is 17.4 Å². The number of hydrogen-bond donors (Lipinski definition) is 0. The topological polar surface area (TPSA) is 49.7 Å². The third-order valence-corrected chi connectivity index (χ3v) is 8.43. The number of fused-ring (bicyclic) bond motifs is 1. The second-order valence-corrected chi connectivity index (χ2v) is 10.9. The van der Waals surface area contributed by atoms with Crippen LogP contribution in [0.5, 0.6) is 0 Å². The molecule has 2 atom stereocenters. The summed E-state index contributed by atoms with van der Waals surface area (Å²) >= 11 is 1.62. The average molecular weight is 401 g/mol. The summed E-state index contributed by atoms with van der Waals surface area (Å²) < 4.78 is 23.8. The molecule has 0 aromatic heterocycles. The van der Waals surface area contributed by atoms with Crippen molar-refractivity contribution in [1.29, 1.82) is 0 Å². The van der Waals surface area contributed by atoms with Gasteiger partial charge in [-0.05, 0) is 49.6 Å². The van der Waals surface area contributed by atoms with Gasteiger partial charge in [0.2, 0.25) is 0 Å². The molecule has 0 spiro atoms. The fourth-order valence-corrected chi connectivity index (χ4v) is 7.46. The van der Waals surface area contributed by atoms with Crippen LogP contribution in [-0.2, 0) is 16.4 Å². The maximum absolute atomic E-state index is 11.9. The van der Waals surface area contributed by atoms with E-state index in [9.17, 15) is 8.42 Å². The van der Waals surface area contributed by atoms with Crippen molar-refractivity contribution >= 4 is 32.5 Å². The van der Waals surface area contributed by atoms with Gasteiger partial charge < -0.3 is 4.90 Å². The number of aryl methyl sites for hydroxylation is 3. The van der Waals surface area contributed by atoms with Crippen LogP contribution in [0.15, 0.2) is 47.5 Å². The molecule has 142 valence electrons. The van der Waals surface area contributed by atoms with E-state index in [2.05, 4.69) is 68.1 Å². The summed E-state index contributed by atoms with van der Waals surface area (Å²) in [6.45, 7) is 7.06. The van der Waals surface area contributed by atoms with Gasteiger partial charge in [-0.25, -0.2) is 8.42 Å². The minimum atomic E-state index is -2.94. The van der Waals surface area contributed by atoms with E-state index in [1.807, 2.05) is 0 Å². The first kappa shape index (κ1) is 18.6. The first-order valence-corrected chi connectivity index (χ1v) is 11.9. The van der Waals surface area contributed by atoms with Crippen LogP contribution < -0.4 is 4.90 Å². The highest BCUT2D eigenvalue weighted by atomic mass is 32.2. The van der Waals surface area contributed by atoms with Crippen molar-refractivity contribution in [2.24, 2.45) is 4.99 Å². The molecule has 1 saturated heterocycles. The summed E-state index contributed by atoms with van der Waals surface area (Å²) in [4.78, 5) is 7.07. The Hall–Kier alpha value is -1.79. The van der Waals surface area contributed by atoms with Crippen molar-refractivity contribution in [1.82, 2.24) is 0 Å². The van der Waals surface area contributed by atoms with Crippen molar-refractivity contribution < 1.29 is 8.42 Å². The minimum absolute atomic E-state index is 0.0518. The zero-order chi connectivity index (χ0) is 19.2. The number of nitrogens with zero attached hydrogens (tertiary/aromatic N) is 2. The van der Waals surface area contributed by atoms with E-state index < -0.39 is 9.84 Å². The molecular formula is C21H24N2O2S2. The lowest BCUT2D eigenvalue weighted by Crippen LogP contribution is -2.28. The van der Waals surface area contributed by atoms with Crippen LogP contribution in [0.25, 0.3) is 0 Å². The molecule has 1 fully saturated rings. The van der Waals surface area contributed by atoms with Gasteiger partial charge in [-0.1, -0.05) is 47.7 Å². The average Bonchev–Trinajstić information content (AvgIpc) is 3.09. The quantitative estimate of drug-likeness (QED) is 0.784. The smallest absolute Gasteiger partial charge is 0.164 e. The second kappa shape index (κ2) is 6.99. The molecule has 4 rings (SSSR count). The van der Waals surface area contributed by atoms with Crippen molar-refractivity contribution in [3.63, 3.8) is 0 Å². The molecule has 2 aliphatic rings. The molecule has 2 heterocycles. The summed E-state index contributed by atoms with van der Waals surface area (Å²) in [7, 11) is -2.94. The summed E-state index contributed by atoms with van der Waals surface area (Å²) in [6.07, 6.45) is 0. The van der Waals surface area contributed by atoms with Crippen LogP contribution in [0.3, 0.4) is 0 Å². The molecule has 0 radical (unpaired) electrons. The van der Waals surface area contributed by atoms with Gasteiger partial charge in [-0.3, -0.25) is 4.99 Å². The van der Waals surface area contributed by atoms with Crippen LogP contribution >= 0.6 is 11.8 Å². The lowest BCUT2D eigenvalue weighted by molar-refractivity contribution is 0.601. The Kier molecular flexibility index (Phi) is 4.80. The Balaban J connectivity index is 1.70. The molecule has 4 nitrogen and oxygen atoms in total. The number of sulfone groups is 1. The van der Waals surface area contributed by atoms with E-state index in [0.29, 0.717) is 0 Å². The van der Waals surface area contributed by atoms with Gasteiger partial charge in [0, 0.05) is 10.9 Å². The Morgan fingerprint density at radius 2 is 1.85 bits per heavy atom. The van der Waals surface area contributed by atoms with E-state index in [4.69, 9.17) is 4.99 Å². The Morgan fingerprint density at radius 3 is 2.59 bits per heavy atom. The summed E-state index contributed by atoms with van der Waals surface area (Å²) in [5.41, 5.74) is 6.06. The third kappa shape index (κ3) is 3.92. The number of anilines is 1. The molecule has 0 bridgehead atoms. The summed E-state index contributed by atoms with van der Waals surface area (Å²) in [6, 6.07) is 14.8. The van der Waals surface area contributed by atoms with Gasteiger partial charge in [0.1, 0.15) is 0 Å². The van der Waals surface area contributed by atoms with Gasteiger partial charge in [-0.2, -0.15) is 0 Å². The minimum Gasteiger partial charge on any atom is -0.317 e. The predicted molar refractivity (Wildman–Crippen MR) is 115 cm³/mol. The highest BCUT2D eigenvalue weighted by molar-refractivity contribution is 8.15. The van der Waals surface area contributed by atoms with Gasteiger partial charge in [0.25, 0.3) is 0 Å². The van der Waals surface area contributed by atoms with Gasteiger partial charge in [0.15, 0.2) is 15.0 Å². The zero-order valence-electron chi connectivity index (χ0n) is 15.8. The number of amidine groups is 1. The number of aliphatic imine (C=N–C) groups is 1. The fourth-order valence-electron chi connectivity index (χ4n) is 3.68. The van der Waals surface area contributed by atoms with Gasteiger partial charge in [-0.15, -0.1) is 0 Å². The Bertz CT molecular complexity index is 1010. The molecule has 0 amide bonds. The molecule has 2 aliphatic heterocycles. The highest BCUT2D eigenvalue weighted by Crippen LogP contribution is 2.37. The number of rotatable bonds is 3. The Labute approximate surface area is 165 Å². The van der Waals surface area contributed by atoms with Crippen LogP contribution in [0.1, 0.15) is 22.3 Å². The number of hydrogen-bond acceptors (Lipinski definition) is 5. The van der Waals surface area contributed by atoms with Crippen LogP contribution in [0.2, 0.25) is 0 Å². The molecule has 6 heteroatoms. The lowest BCUT2D eigenvalue weighted by Gasteiger charge is -2.26.